The van der Waals surface area contributed by atoms with Gasteiger partial charge in [-0.25, -0.2) is 0 Å². The summed E-state index contributed by atoms with van der Waals surface area (Å²) < 4.78 is 11.0. The summed E-state index contributed by atoms with van der Waals surface area (Å²) in [6, 6.07) is 51.3. The molecule has 1 aliphatic heterocycles. The molecular formula is C38H25N3O. The van der Waals surface area contributed by atoms with E-state index in [1.165, 1.54) is 32.7 Å². The third-order valence-electron chi connectivity index (χ3n) is 8.30. The van der Waals surface area contributed by atoms with Gasteiger partial charge in [-0.1, -0.05) is 72.8 Å². The van der Waals surface area contributed by atoms with Crippen molar-refractivity contribution in [3.05, 3.63) is 152 Å². The number of aromatic nitrogens is 2. The molecule has 0 spiro atoms. The highest BCUT2D eigenvalue weighted by atomic mass is 16.5. The van der Waals surface area contributed by atoms with Crippen molar-refractivity contribution in [2.75, 3.05) is 4.90 Å². The smallest absolute Gasteiger partial charge is 0.151 e. The van der Waals surface area contributed by atoms with Crippen LogP contribution in [0.2, 0.25) is 0 Å². The lowest BCUT2D eigenvalue weighted by Gasteiger charge is -2.33. The number of para-hydroxylation sites is 6. The molecule has 42 heavy (non-hydrogen) atoms. The van der Waals surface area contributed by atoms with Crippen LogP contribution in [0, 0.1) is 0 Å². The first kappa shape index (κ1) is 23.0. The number of fused-ring (bicyclic) bond motifs is 7. The van der Waals surface area contributed by atoms with Crippen LogP contribution in [0.1, 0.15) is 0 Å². The van der Waals surface area contributed by atoms with Crippen LogP contribution in [0.25, 0.3) is 44.1 Å². The first-order valence-electron chi connectivity index (χ1n) is 14.2. The Morgan fingerprint density at radius 1 is 0.476 bits per heavy atom. The predicted octanol–water partition coefficient (Wildman–Crippen LogP) is 10.3. The van der Waals surface area contributed by atoms with Crippen molar-refractivity contribution in [1.29, 1.82) is 0 Å². The lowest BCUT2D eigenvalue weighted by Crippen LogP contribution is -2.15. The van der Waals surface area contributed by atoms with Gasteiger partial charge in [-0.15, -0.1) is 0 Å². The molecule has 0 atom stereocenters. The van der Waals surface area contributed by atoms with Crippen molar-refractivity contribution in [2.24, 2.45) is 0 Å². The number of rotatable bonds is 3. The first-order chi connectivity index (χ1) is 20.8. The maximum atomic E-state index is 6.28. The van der Waals surface area contributed by atoms with Crippen molar-refractivity contribution < 1.29 is 4.74 Å². The number of nitrogens with zero attached hydrogens (tertiary/aromatic N) is 3. The van der Waals surface area contributed by atoms with Crippen LogP contribution in [-0.2, 0) is 0 Å². The molecule has 4 nitrogen and oxygen atoms in total. The number of hydrogen-bond donors (Lipinski definition) is 0. The molecule has 0 saturated carbocycles. The van der Waals surface area contributed by atoms with Gasteiger partial charge < -0.3 is 18.8 Å². The standard InChI is InChI=1S/C38H25N3O/c1-2-11-27(12-3-1)39-24-23-26-21-22-34-37(38(26)39)30-15-4-5-16-31(30)40(34)28-13-10-14-29(25-28)41-32-17-6-8-19-35(32)42-36-20-9-7-18-33(36)41/h1-25H. The number of ether oxygens (including phenoxy) is 1. The van der Waals surface area contributed by atoms with Crippen LogP contribution in [0.15, 0.2) is 152 Å². The topological polar surface area (TPSA) is 22.3 Å². The summed E-state index contributed by atoms with van der Waals surface area (Å²) in [7, 11) is 0. The van der Waals surface area contributed by atoms with E-state index in [1.807, 2.05) is 24.3 Å². The predicted molar refractivity (Wildman–Crippen MR) is 172 cm³/mol. The highest BCUT2D eigenvalue weighted by molar-refractivity contribution is 6.20. The van der Waals surface area contributed by atoms with Crippen molar-refractivity contribution in [2.45, 2.75) is 0 Å². The molecule has 3 heterocycles. The van der Waals surface area contributed by atoms with Crippen LogP contribution in [-0.4, -0.2) is 9.13 Å². The molecule has 6 aromatic carbocycles. The Balaban J connectivity index is 1.31. The van der Waals surface area contributed by atoms with Gasteiger partial charge in [0.25, 0.3) is 0 Å². The molecule has 0 fully saturated rings. The average Bonchev–Trinajstić information content (AvgIpc) is 3.63. The largest absolute Gasteiger partial charge is 0.453 e. The summed E-state index contributed by atoms with van der Waals surface area (Å²) in [6.07, 6.45) is 2.18. The minimum atomic E-state index is 0.850. The van der Waals surface area contributed by atoms with Gasteiger partial charge in [0.15, 0.2) is 11.5 Å². The molecule has 1 aliphatic rings. The molecule has 4 heteroatoms. The Kier molecular flexibility index (Phi) is 4.87. The van der Waals surface area contributed by atoms with E-state index >= 15 is 0 Å². The van der Waals surface area contributed by atoms with Crippen molar-refractivity contribution >= 4 is 49.8 Å². The van der Waals surface area contributed by atoms with Crippen LogP contribution >= 0.6 is 0 Å². The van der Waals surface area contributed by atoms with E-state index in [4.69, 9.17) is 4.74 Å². The summed E-state index contributed by atoms with van der Waals surface area (Å²) in [6.45, 7) is 0. The molecular weight excluding hydrogens is 514 g/mol. The van der Waals surface area contributed by atoms with E-state index in [2.05, 4.69) is 142 Å². The Morgan fingerprint density at radius 2 is 1.14 bits per heavy atom. The monoisotopic (exact) mass is 539 g/mol. The fourth-order valence-electron chi connectivity index (χ4n) is 6.52. The Labute approximate surface area is 242 Å². The minimum absolute atomic E-state index is 0.850. The molecule has 0 bridgehead atoms. The van der Waals surface area contributed by atoms with Gasteiger partial charge >= 0.3 is 0 Å². The second kappa shape index (κ2) is 8.88. The van der Waals surface area contributed by atoms with Crippen LogP contribution < -0.4 is 9.64 Å². The number of anilines is 3. The lowest BCUT2D eigenvalue weighted by atomic mass is 10.1. The van der Waals surface area contributed by atoms with Crippen molar-refractivity contribution in [1.82, 2.24) is 9.13 Å². The maximum absolute atomic E-state index is 6.28. The van der Waals surface area contributed by atoms with Gasteiger partial charge in [-0.3, -0.25) is 0 Å². The lowest BCUT2D eigenvalue weighted by molar-refractivity contribution is 0.477. The zero-order valence-corrected chi connectivity index (χ0v) is 22.7. The second-order valence-corrected chi connectivity index (χ2v) is 10.7. The molecule has 0 unspecified atom stereocenters. The van der Waals surface area contributed by atoms with Gasteiger partial charge in [0.2, 0.25) is 0 Å². The van der Waals surface area contributed by atoms with Gasteiger partial charge in [0, 0.05) is 39.4 Å². The fraction of sp³-hybridized carbons (Fsp3) is 0. The number of hydrogen-bond acceptors (Lipinski definition) is 2. The highest BCUT2D eigenvalue weighted by Crippen LogP contribution is 2.50. The first-order valence-corrected chi connectivity index (χ1v) is 14.2. The Bertz CT molecular complexity index is 2250. The summed E-state index contributed by atoms with van der Waals surface area (Å²) in [5.74, 6) is 1.70. The van der Waals surface area contributed by atoms with E-state index in [-0.39, 0.29) is 0 Å². The normalized spacial score (nSPS) is 12.4. The molecule has 0 saturated heterocycles. The average molecular weight is 540 g/mol. The van der Waals surface area contributed by atoms with E-state index < -0.39 is 0 Å². The SMILES string of the molecule is c1ccc(-n2ccc3ccc4c(c5ccccc5n4-c4cccc(N5c6ccccc6Oc6ccccc65)c4)c32)cc1. The molecule has 0 N–H and O–H groups in total. The molecule has 0 radical (unpaired) electrons. The second-order valence-electron chi connectivity index (χ2n) is 10.7. The number of benzene rings is 6. The zero-order valence-electron chi connectivity index (χ0n) is 22.7. The highest BCUT2D eigenvalue weighted by Gasteiger charge is 2.26. The summed E-state index contributed by atoms with van der Waals surface area (Å²) >= 11 is 0. The van der Waals surface area contributed by atoms with Crippen LogP contribution in [0.4, 0.5) is 17.1 Å². The molecule has 198 valence electrons. The Morgan fingerprint density at radius 3 is 1.95 bits per heavy atom. The third-order valence-corrected chi connectivity index (χ3v) is 8.30. The minimum Gasteiger partial charge on any atom is -0.453 e. The van der Waals surface area contributed by atoms with E-state index in [1.54, 1.807) is 0 Å². The zero-order chi connectivity index (χ0) is 27.6. The van der Waals surface area contributed by atoms with Crippen molar-refractivity contribution in [3.8, 4) is 22.9 Å². The maximum Gasteiger partial charge on any atom is 0.151 e. The van der Waals surface area contributed by atoms with Crippen LogP contribution in [0.5, 0.6) is 11.5 Å². The molecule has 8 aromatic rings. The Hall–Kier alpha value is -5.74. The van der Waals surface area contributed by atoms with Crippen LogP contribution in [0.3, 0.4) is 0 Å². The van der Waals surface area contributed by atoms with E-state index in [0.717, 1.165) is 39.9 Å². The van der Waals surface area contributed by atoms with E-state index in [0.29, 0.717) is 0 Å². The summed E-state index contributed by atoms with van der Waals surface area (Å²) in [5, 5.41) is 3.72. The van der Waals surface area contributed by atoms with Crippen molar-refractivity contribution in [3.63, 3.8) is 0 Å². The van der Waals surface area contributed by atoms with Gasteiger partial charge in [-0.05, 0) is 72.8 Å². The summed E-state index contributed by atoms with van der Waals surface area (Å²) in [5.41, 5.74) is 8.98. The fourth-order valence-corrected chi connectivity index (χ4v) is 6.52. The quantitative estimate of drug-likeness (QED) is 0.223. The third kappa shape index (κ3) is 3.29. The molecule has 0 amide bonds. The molecule has 2 aromatic heterocycles. The summed E-state index contributed by atoms with van der Waals surface area (Å²) in [4.78, 5) is 2.30. The molecule has 0 aliphatic carbocycles. The van der Waals surface area contributed by atoms with Gasteiger partial charge in [-0.2, -0.15) is 0 Å². The van der Waals surface area contributed by atoms with E-state index in [9.17, 15) is 0 Å². The van der Waals surface area contributed by atoms with Gasteiger partial charge in [0.1, 0.15) is 0 Å². The molecule has 9 rings (SSSR count). The van der Waals surface area contributed by atoms with Gasteiger partial charge in [0.05, 0.1) is 27.9 Å².